The molecule has 0 saturated carbocycles. The molecule has 0 aromatic carbocycles. The van der Waals surface area contributed by atoms with Crippen molar-refractivity contribution in [2.24, 2.45) is 0 Å². The van der Waals surface area contributed by atoms with Gasteiger partial charge < -0.3 is 10.1 Å². The average molecular weight is 321 g/mol. The van der Waals surface area contributed by atoms with Crippen LogP contribution in [-0.4, -0.2) is 32.9 Å². The number of nitrogens with one attached hydrogen (secondary N) is 1. The Morgan fingerprint density at radius 1 is 1.39 bits per heavy atom. The van der Waals surface area contributed by atoms with Gasteiger partial charge in [0.15, 0.2) is 0 Å². The van der Waals surface area contributed by atoms with E-state index in [-0.39, 0.29) is 28.7 Å². The summed E-state index contributed by atoms with van der Waals surface area (Å²) in [5, 5.41) is 7.61. The first-order chi connectivity index (χ1) is 10.4. The summed E-state index contributed by atoms with van der Waals surface area (Å²) in [5.41, 5.74) is 0.923. The van der Waals surface area contributed by atoms with Gasteiger partial charge in [0.05, 0.1) is 40.2 Å². The lowest BCUT2D eigenvalue weighted by Gasteiger charge is -2.28. The smallest absolute Gasteiger partial charge is 0.255 e. The van der Waals surface area contributed by atoms with Crippen LogP contribution in [0.5, 0.6) is 0 Å². The molecule has 5 nitrogen and oxygen atoms in total. The van der Waals surface area contributed by atoms with E-state index in [9.17, 15) is 4.79 Å². The number of hydrogen-bond acceptors (Lipinski definition) is 3. The van der Waals surface area contributed by atoms with Gasteiger partial charge in [0.1, 0.15) is 0 Å². The molecule has 1 aromatic rings. The molecular formula is C18H31N3O2. The van der Waals surface area contributed by atoms with Crippen molar-refractivity contribution in [2.45, 2.75) is 91.0 Å². The molecule has 1 atom stereocenters. The van der Waals surface area contributed by atoms with Gasteiger partial charge >= 0.3 is 0 Å². The van der Waals surface area contributed by atoms with Gasteiger partial charge in [-0.15, -0.1) is 0 Å². The SMILES string of the molecule is CCc1c(C(=O)NC2CC(C)(C)OC2(C)C)cnn1C(C)(C)C. The molecule has 130 valence electrons. The number of nitrogens with zero attached hydrogens (tertiary/aromatic N) is 2. The second-order valence-corrected chi connectivity index (χ2v) is 8.64. The van der Waals surface area contributed by atoms with E-state index in [1.807, 2.05) is 18.5 Å². The summed E-state index contributed by atoms with van der Waals surface area (Å²) in [5.74, 6) is -0.0586. The van der Waals surface area contributed by atoms with Crippen LogP contribution < -0.4 is 5.32 Å². The van der Waals surface area contributed by atoms with E-state index in [1.165, 1.54) is 0 Å². The molecule has 0 aliphatic carbocycles. The fourth-order valence-corrected chi connectivity index (χ4v) is 3.50. The van der Waals surface area contributed by atoms with Gasteiger partial charge in [0, 0.05) is 0 Å². The van der Waals surface area contributed by atoms with E-state index in [0.29, 0.717) is 5.56 Å². The van der Waals surface area contributed by atoms with Gasteiger partial charge in [0.2, 0.25) is 0 Å². The van der Waals surface area contributed by atoms with Crippen molar-refractivity contribution >= 4 is 5.91 Å². The van der Waals surface area contributed by atoms with Crippen molar-refractivity contribution in [3.05, 3.63) is 17.5 Å². The maximum absolute atomic E-state index is 12.8. The summed E-state index contributed by atoms with van der Waals surface area (Å²) < 4.78 is 8.01. The molecule has 5 heteroatoms. The summed E-state index contributed by atoms with van der Waals surface area (Å²) in [6.45, 7) is 16.5. The Hall–Kier alpha value is -1.36. The second kappa shape index (κ2) is 5.62. The minimum Gasteiger partial charge on any atom is -0.367 e. The number of carbonyl (C=O) groups is 1. The van der Waals surface area contributed by atoms with Crippen molar-refractivity contribution in [1.29, 1.82) is 0 Å². The van der Waals surface area contributed by atoms with E-state index < -0.39 is 0 Å². The molecular weight excluding hydrogens is 290 g/mol. The van der Waals surface area contributed by atoms with E-state index in [1.54, 1.807) is 6.20 Å². The topological polar surface area (TPSA) is 56.1 Å². The summed E-state index contributed by atoms with van der Waals surface area (Å²) in [7, 11) is 0. The van der Waals surface area contributed by atoms with E-state index in [4.69, 9.17) is 4.74 Å². The minimum absolute atomic E-state index is 0.00677. The lowest BCUT2D eigenvalue weighted by molar-refractivity contribution is -0.0693. The van der Waals surface area contributed by atoms with E-state index in [0.717, 1.165) is 18.5 Å². The predicted molar refractivity (Wildman–Crippen MR) is 91.7 cm³/mol. The van der Waals surface area contributed by atoms with Crippen molar-refractivity contribution in [1.82, 2.24) is 15.1 Å². The molecule has 2 heterocycles. The zero-order valence-electron chi connectivity index (χ0n) is 15.8. The monoisotopic (exact) mass is 321 g/mol. The van der Waals surface area contributed by atoms with Crippen LogP contribution in [0.4, 0.5) is 0 Å². The average Bonchev–Trinajstić information content (AvgIpc) is 2.86. The highest BCUT2D eigenvalue weighted by atomic mass is 16.5. The summed E-state index contributed by atoms with van der Waals surface area (Å²) in [4.78, 5) is 12.8. The Kier molecular flexibility index (Phi) is 4.39. The molecule has 1 N–H and O–H groups in total. The Morgan fingerprint density at radius 3 is 2.43 bits per heavy atom. The van der Waals surface area contributed by atoms with Gasteiger partial charge in [-0.2, -0.15) is 5.10 Å². The highest BCUT2D eigenvalue weighted by molar-refractivity contribution is 5.95. The molecule has 2 rings (SSSR count). The third-order valence-electron chi connectivity index (χ3n) is 4.46. The highest BCUT2D eigenvalue weighted by Gasteiger charge is 2.46. The van der Waals surface area contributed by atoms with E-state index in [2.05, 4.69) is 52.0 Å². The standard InChI is InChI=1S/C18H31N3O2/c1-9-13-12(11-19-21(13)16(2,3)4)15(22)20-14-10-17(5,6)23-18(14,7)8/h11,14H,9-10H2,1-8H3,(H,20,22). The molecule has 1 amide bonds. The third-order valence-corrected chi connectivity index (χ3v) is 4.46. The zero-order chi connectivity index (χ0) is 17.6. The van der Waals surface area contributed by atoms with Gasteiger partial charge in [-0.1, -0.05) is 6.92 Å². The Bertz CT molecular complexity index is 594. The fraction of sp³-hybridized carbons (Fsp3) is 0.778. The first kappa shape index (κ1) is 18.0. The maximum atomic E-state index is 12.8. The maximum Gasteiger partial charge on any atom is 0.255 e. The van der Waals surface area contributed by atoms with Gasteiger partial charge in [-0.25, -0.2) is 0 Å². The molecule has 0 radical (unpaired) electrons. The molecule has 1 aromatic heterocycles. The molecule has 0 spiro atoms. The number of carbonyl (C=O) groups excluding carboxylic acids is 1. The van der Waals surface area contributed by atoms with Gasteiger partial charge in [-0.3, -0.25) is 9.48 Å². The summed E-state index contributed by atoms with van der Waals surface area (Å²) in [6, 6.07) is -0.00677. The van der Waals surface area contributed by atoms with Crippen LogP contribution >= 0.6 is 0 Å². The normalized spacial score (nSPS) is 23.0. The molecule has 1 aliphatic heterocycles. The van der Waals surface area contributed by atoms with Gasteiger partial charge in [0.25, 0.3) is 5.91 Å². The van der Waals surface area contributed by atoms with Crippen molar-refractivity contribution in [3.8, 4) is 0 Å². The molecule has 1 saturated heterocycles. The number of rotatable bonds is 3. The molecule has 1 aliphatic rings. The lowest BCUT2D eigenvalue weighted by atomic mass is 9.94. The van der Waals surface area contributed by atoms with Crippen LogP contribution in [0.2, 0.25) is 0 Å². The quantitative estimate of drug-likeness (QED) is 0.929. The zero-order valence-corrected chi connectivity index (χ0v) is 15.8. The number of ether oxygens (including phenoxy) is 1. The van der Waals surface area contributed by atoms with Crippen LogP contribution in [0.1, 0.15) is 77.9 Å². The largest absolute Gasteiger partial charge is 0.367 e. The number of hydrogen-bond donors (Lipinski definition) is 1. The van der Waals surface area contributed by atoms with Crippen molar-refractivity contribution in [2.75, 3.05) is 0 Å². The summed E-state index contributed by atoms with van der Waals surface area (Å²) >= 11 is 0. The van der Waals surface area contributed by atoms with Crippen LogP contribution in [0, 0.1) is 0 Å². The summed E-state index contributed by atoms with van der Waals surface area (Å²) in [6.07, 6.45) is 3.27. The Balaban J connectivity index is 2.24. The molecule has 1 fully saturated rings. The molecule has 0 bridgehead atoms. The Labute approximate surface area is 139 Å². The molecule has 23 heavy (non-hydrogen) atoms. The minimum atomic E-state index is -0.369. The predicted octanol–water partition coefficient (Wildman–Crippen LogP) is 3.28. The first-order valence-corrected chi connectivity index (χ1v) is 8.46. The Morgan fingerprint density at radius 2 is 2.00 bits per heavy atom. The van der Waals surface area contributed by atoms with Crippen molar-refractivity contribution in [3.63, 3.8) is 0 Å². The number of aromatic nitrogens is 2. The lowest BCUT2D eigenvalue weighted by Crippen LogP contribution is -2.46. The molecule has 1 unspecified atom stereocenters. The second-order valence-electron chi connectivity index (χ2n) is 8.64. The van der Waals surface area contributed by atoms with Crippen LogP contribution in [0.15, 0.2) is 6.20 Å². The van der Waals surface area contributed by atoms with Crippen LogP contribution in [-0.2, 0) is 16.7 Å². The van der Waals surface area contributed by atoms with Crippen LogP contribution in [0.3, 0.4) is 0 Å². The van der Waals surface area contributed by atoms with Gasteiger partial charge in [-0.05, 0) is 61.3 Å². The highest BCUT2D eigenvalue weighted by Crippen LogP contribution is 2.37. The van der Waals surface area contributed by atoms with E-state index >= 15 is 0 Å². The van der Waals surface area contributed by atoms with Crippen LogP contribution in [0.25, 0.3) is 0 Å². The first-order valence-electron chi connectivity index (χ1n) is 8.46. The third kappa shape index (κ3) is 3.60. The van der Waals surface area contributed by atoms with Crippen molar-refractivity contribution < 1.29 is 9.53 Å². The fourth-order valence-electron chi connectivity index (χ4n) is 3.50. The number of amides is 1.